The van der Waals surface area contributed by atoms with E-state index < -0.39 is 10.0 Å². The summed E-state index contributed by atoms with van der Waals surface area (Å²) in [6, 6.07) is 7.28. The van der Waals surface area contributed by atoms with Crippen LogP contribution in [0.1, 0.15) is 18.4 Å². The summed E-state index contributed by atoms with van der Waals surface area (Å²) in [7, 11) is -3.72. The molecule has 1 fully saturated rings. The lowest BCUT2D eigenvalue weighted by atomic mass is 10.2. The van der Waals surface area contributed by atoms with Crippen molar-refractivity contribution in [2.75, 3.05) is 10.6 Å². The number of sulfonamides is 1. The Bertz CT molecular complexity index is 738. The molecule has 112 valence electrons. The Labute approximate surface area is 128 Å². The molecule has 5 nitrogen and oxygen atoms in total. The summed E-state index contributed by atoms with van der Waals surface area (Å²) in [5, 5.41) is 9.30. The zero-order valence-corrected chi connectivity index (χ0v) is 13.0. The van der Waals surface area contributed by atoms with E-state index >= 15 is 0 Å². The standard InChI is InChI=1S/C14H17N3O2S2/c15-13-7-12(21(16,18)19)3-4-14(13)17(11-1-2-11)8-10-5-6-20-9-10/h3-7,9,11H,1-2,8,15H2,(H2,16,18,19). The quantitative estimate of drug-likeness (QED) is 0.825. The highest BCUT2D eigenvalue weighted by atomic mass is 32.2. The third-order valence-electron chi connectivity index (χ3n) is 3.56. The van der Waals surface area contributed by atoms with Crippen molar-refractivity contribution in [2.24, 2.45) is 5.14 Å². The maximum atomic E-state index is 11.4. The monoisotopic (exact) mass is 323 g/mol. The molecule has 1 aromatic carbocycles. The molecule has 0 spiro atoms. The Morgan fingerprint density at radius 3 is 2.57 bits per heavy atom. The minimum Gasteiger partial charge on any atom is -0.397 e. The van der Waals surface area contributed by atoms with Gasteiger partial charge in [0.05, 0.1) is 16.3 Å². The van der Waals surface area contributed by atoms with Crippen LogP contribution in [-0.4, -0.2) is 14.5 Å². The molecule has 0 saturated heterocycles. The highest BCUT2D eigenvalue weighted by Crippen LogP contribution is 2.37. The minimum absolute atomic E-state index is 0.0510. The van der Waals surface area contributed by atoms with Crippen molar-refractivity contribution in [3.63, 3.8) is 0 Å². The first-order chi connectivity index (χ1) is 9.95. The third-order valence-corrected chi connectivity index (χ3v) is 5.20. The number of nitrogens with two attached hydrogens (primary N) is 2. The molecule has 0 bridgehead atoms. The molecule has 0 unspecified atom stereocenters. The Hall–Kier alpha value is -1.57. The number of nitrogen functional groups attached to an aromatic ring is 1. The fraction of sp³-hybridized carbons (Fsp3) is 0.286. The molecule has 1 heterocycles. The van der Waals surface area contributed by atoms with Crippen molar-refractivity contribution in [3.05, 3.63) is 40.6 Å². The van der Waals surface area contributed by atoms with Crippen LogP contribution >= 0.6 is 11.3 Å². The van der Waals surface area contributed by atoms with Gasteiger partial charge in [-0.15, -0.1) is 0 Å². The lowest BCUT2D eigenvalue weighted by Crippen LogP contribution is -2.26. The molecule has 1 aliphatic carbocycles. The van der Waals surface area contributed by atoms with Gasteiger partial charge in [0.1, 0.15) is 0 Å². The zero-order chi connectivity index (χ0) is 15.0. The van der Waals surface area contributed by atoms with Gasteiger partial charge in [-0.3, -0.25) is 0 Å². The maximum Gasteiger partial charge on any atom is 0.238 e. The van der Waals surface area contributed by atoms with Gasteiger partial charge >= 0.3 is 0 Å². The van der Waals surface area contributed by atoms with Crippen LogP contribution in [0.3, 0.4) is 0 Å². The first-order valence-corrected chi connectivity index (χ1v) is 9.14. The molecule has 1 aliphatic rings. The van der Waals surface area contributed by atoms with E-state index in [1.165, 1.54) is 17.7 Å². The van der Waals surface area contributed by atoms with Crippen molar-refractivity contribution in [3.8, 4) is 0 Å². The second-order valence-electron chi connectivity index (χ2n) is 5.26. The summed E-state index contributed by atoms with van der Waals surface area (Å²) in [6.45, 7) is 0.785. The normalized spacial score (nSPS) is 15.1. The molecule has 1 aromatic heterocycles. The number of nitrogens with zero attached hydrogens (tertiary/aromatic N) is 1. The smallest absolute Gasteiger partial charge is 0.238 e. The summed E-state index contributed by atoms with van der Waals surface area (Å²) >= 11 is 1.67. The van der Waals surface area contributed by atoms with Crippen LogP contribution in [0.5, 0.6) is 0 Å². The highest BCUT2D eigenvalue weighted by molar-refractivity contribution is 7.89. The Morgan fingerprint density at radius 1 is 1.29 bits per heavy atom. The van der Waals surface area contributed by atoms with Gasteiger partial charge in [-0.25, -0.2) is 13.6 Å². The van der Waals surface area contributed by atoms with E-state index in [4.69, 9.17) is 10.9 Å². The van der Waals surface area contributed by atoms with Gasteiger partial charge in [-0.2, -0.15) is 11.3 Å². The van der Waals surface area contributed by atoms with Gasteiger partial charge < -0.3 is 10.6 Å². The molecule has 3 rings (SSSR count). The topological polar surface area (TPSA) is 89.4 Å². The van der Waals surface area contributed by atoms with E-state index in [0.717, 1.165) is 25.1 Å². The first kappa shape index (κ1) is 14.4. The zero-order valence-electron chi connectivity index (χ0n) is 11.4. The fourth-order valence-electron chi connectivity index (χ4n) is 2.35. The van der Waals surface area contributed by atoms with Gasteiger partial charge in [0.2, 0.25) is 10.0 Å². The second kappa shape index (κ2) is 5.32. The second-order valence-corrected chi connectivity index (χ2v) is 7.60. The van der Waals surface area contributed by atoms with E-state index in [-0.39, 0.29) is 4.90 Å². The lowest BCUT2D eigenvalue weighted by molar-refractivity contribution is 0.598. The fourth-order valence-corrected chi connectivity index (χ4v) is 3.56. The van der Waals surface area contributed by atoms with E-state index in [2.05, 4.69) is 16.3 Å². The predicted octanol–water partition coefficient (Wildman–Crippen LogP) is 2.15. The van der Waals surface area contributed by atoms with E-state index in [1.807, 2.05) is 5.38 Å². The predicted molar refractivity (Wildman–Crippen MR) is 85.8 cm³/mol. The van der Waals surface area contributed by atoms with Crippen molar-refractivity contribution >= 4 is 32.7 Å². The Morgan fingerprint density at radius 2 is 2.05 bits per heavy atom. The molecular weight excluding hydrogens is 306 g/mol. The number of thiophene rings is 1. The minimum atomic E-state index is -3.72. The summed E-state index contributed by atoms with van der Waals surface area (Å²) in [6.07, 6.45) is 2.28. The largest absolute Gasteiger partial charge is 0.397 e. The molecule has 0 radical (unpaired) electrons. The van der Waals surface area contributed by atoms with E-state index in [1.54, 1.807) is 17.4 Å². The summed E-state index contributed by atoms with van der Waals surface area (Å²) < 4.78 is 22.8. The van der Waals surface area contributed by atoms with Crippen molar-refractivity contribution in [1.82, 2.24) is 0 Å². The van der Waals surface area contributed by atoms with Crippen molar-refractivity contribution in [1.29, 1.82) is 0 Å². The molecule has 4 N–H and O–H groups in total. The van der Waals surface area contributed by atoms with Gasteiger partial charge in [0.25, 0.3) is 0 Å². The van der Waals surface area contributed by atoms with Crippen LogP contribution in [0.2, 0.25) is 0 Å². The Balaban J connectivity index is 1.93. The van der Waals surface area contributed by atoms with Crippen LogP contribution in [0.4, 0.5) is 11.4 Å². The first-order valence-electron chi connectivity index (χ1n) is 6.65. The number of hydrogen-bond donors (Lipinski definition) is 2. The van der Waals surface area contributed by atoms with Crippen LogP contribution < -0.4 is 15.8 Å². The summed E-state index contributed by atoms with van der Waals surface area (Å²) in [4.78, 5) is 2.29. The molecule has 0 aliphatic heterocycles. The van der Waals surface area contributed by atoms with Crippen LogP contribution in [-0.2, 0) is 16.6 Å². The number of benzene rings is 1. The SMILES string of the molecule is Nc1cc(S(N)(=O)=O)ccc1N(Cc1ccsc1)C1CC1. The van der Waals surface area contributed by atoms with Gasteiger partial charge in [-0.1, -0.05) is 0 Å². The van der Waals surface area contributed by atoms with Gasteiger partial charge in [0, 0.05) is 12.6 Å². The molecular formula is C14H17N3O2S2. The average molecular weight is 323 g/mol. The van der Waals surface area contributed by atoms with Crippen LogP contribution in [0.25, 0.3) is 0 Å². The molecule has 1 saturated carbocycles. The summed E-state index contributed by atoms with van der Waals surface area (Å²) in [5.41, 5.74) is 8.61. The summed E-state index contributed by atoms with van der Waals surface area (Å²) in [5.74, 6) is 0. The molecule has 0 amide bonds. The highest BCUT2D eigenvalue weighted by Gasteiger charge is 2.30. The van der Waals surface area contributed by atoms with Crippen LogP contribution in [0, 0.1) is 0 Å². The average Bonchev–Trinajstić information content (AvgIpc) is 3.13. The maximum absolute atomic E-state index is 11.4. The number of primary sulfonamides is 1. The number of hydrogen-bond acceptors (Lipinski definition) is 5. The Kier molecular flexibility index (Phi) is 3.64. The molecule has 0 atom stereocenters. The van der Waals surface area contributed by atoms with Crippen molar-refractivity contribution < 1.29 is 8.42 Å². The lowest BCUT2D eigenvalue weighted by Gasteiger charge is -2.26. The number of anilines is 2. The van der Waals surface area contributed by atoms with Gasteiger partial charge in [-0.05, 0) is 53.4 Å². The van der Waals surface area contributed by atoms with Crippen LogP contribution in [0.15, 0.2) is 39.9 Å². The third kappa shape index (κ3) is 3.20. The number of rotatable bonds is 5. The van der Waals surface area contributed by atoms with Gasteiger partial charge in [0.15, 0.2) is 0 Å². The molecule has 2 aromatic rings. The molecule has 7 heteroatoms. The van der Waals surface area contributed by atoms with Crippen molar-refractivity contribution in [2.45, 2.75) is 30.3 Å². The van der Waals surface area contributed by atoms with E-state index in [0.29, 0.717) is 11.7 Å². The van der Waals surface area contributed by atoms with E-state index in [9.17, 15) is 8.42 Å². The molecule has 21 heavy (non-hydrogen) atoms.